The topological polar surface area (TPSA) is 38.3 Å². The number of amides is 1. The number of hydrogen-bond donors (Lipinski definition) is 1. The number of carbonyl (C=O) groups is 1. The number of aryl methyl sites for hydroxylation is 1. The van der Waals surface area contributed by atoms with Gasteiger partial charge in [0.1, 0.15) is 12.4 Å². The molecule has 0 aliphatic heterocycles. The maximum atomic E-state index is 12.2. The quantitative estimate of drug-likeness (QED) is 0.726. The number of hydrogen-bond acceptors (Lipinski definition) is 3. The number of anilines is 1. The van der Waals surface area contributed by atoms with Gasteiger partial charge in [-0.15, -0.1) is 11.3 Å². The fraction of sp³-hybridized carbons (Fsp3) is 0.105. The van der Waals surface area contributed by atoms with Gasteiger partial charge in [-0.1, -0.05) is 36.4 Å². The molecule has 1 amide bonds. The van der Waals surface area contributed by atoms with E-state index in [0.717, 1.165) is 22.6 Å². The summed E-state index contributed by atoms with van der Waals surface area (Å²) in [5.41, 5.74) is 2.89. The van der Waals surface area contributed by atoms with Crippen LogP contribution < -0.4 is 10.1 Å². The van der Waals surface area contributed by atoms with E-state index >= 15 is 0 Å². The van der Waals surface area contributed by atoms with Crippen LogP contribution in [0, 0.1) is 6.92 Å². The second-order valence-corrected chi connectivity index (χ2v) is 6.10. The summed E-state index contributed by atoms with van der Waals surface area (Å²) in [6.45, 7) is 2.47. The molecule has 0 radical (unpaired) electrons. The Hall–Kier alpha value is -2.59. The van der Waals surface area contributed by atoms with Gasteiger partial charge in [0.2, 0.25) is 0 Å². The van der Waals surface area contributed by atoms with Gasteiger partial charge in [0, 0.05) is 11.3 Å². The lowest BCUT2D eigenvalue weighted by atomic mass is 10.2. The van der Waals surface area contributed by atoms with Crippen molar-refractivity contribution in [3.05, 3.63) is 82.0 Å². The van der Waals surface area contributed by atoms with E-state index in [1.165, 1.54) is 11.3 Å². The van der Waals surface area contributed by atoms with Crippen LogP contribution in [0.2, 0.25) is 0 Å². The zero-order chi connectivity index (χ0) is 16.1. The lowest BCUT2D eigenvalue weighted by molar-refractivity contribution is 0.103. The molecule has 4 heteroatoms. The smallest absolute Gasteiger partial charge is 0.265 e. The summed E-state index contributed by atoms with van der Waals surface area (Å²) in [7, 11) is 0. The molecule has 0 unspecified atom stereocenters. The highest BCUT2D eigenvalue weighted by molar-refractivity contribution is 7.12. The maximum absolute atomic E-state index is 12.2. The van der Waals surface area contributed by atoms with Gasteiger partial charge in [-0.05, 0) is 42.1 Å². The fourth-order valence-electron chi connectivity index (χ4n) is 2.16. The molecule has 1 N–H and O–H groups in total. The van der Waals surface area contributed by atoms with Crippen LogP contribution in [0.1, 0.15) is 20.8 Å². The summed E-state index contributed by atoms with van der Waals surface area (Å²) in [5.74, 6) is 0.775. The summed E-state index contributed by atoms with van der Waals surface area (Å²) in [4.78, 5) is 12.9. The molecule has 0 saturated carbocycles. The van der Waals surface area contributed by atoms with E-state index in [2.05, 4.69) is 5.32 Å². The maximum Gasteiger partial charge on any atom is 0.265 e. The van der Waals surface area contributed by atoms with Crippen LogP contribution in [-0.4, -0.2) is 5.91 Å². The number of carbonyl (C=O) groups excluding carboxylic acids is 1. The molecule has 0 fully saturated rings. The van der Waals surface area contributed by atoms with Gasteiger partial charge in [-0.2, -0.15) is 0 Å². The molecule has 0 saturated heterocycles. The molecule has 0 spiro atoms. The van der Waals surface area contributed by atoms with Crippen LogP contribution in [0.25, 0.3) is 0 Å². The number of nitrogens with one attached hydrogen (secondary N) is 1. The minimum Gasteiger partial charge on any atom is -0.489 e. The summed E-state index contributed by atoms with van der Waals surface area (Å²) >= 11 is 1.42. The Morgan fingerprint density at radius 3 is 2.61 bits per heavy atom. The van der Waals surface area contributed by atoms with E-state index in [-0.39, 0.29) is 5.91 Å². The molecule has 1 heterocycles. The third-order valence-corrected chi connectivity index (χ3v) is 4.37. The van der Waals surface area contributed by atoms with Crippen molar-refractivity contribution in [1.29, 1.82) is 0 Å². The molecule has 23 heavy (non-hydrogen) atoms. The summed E-state index contributed by atoms with van der Waals surface area (Å²) < 4.78 is 5.81. The minimum absolute atomic E-state index is 0.0941. The second kappa shape index (κ2) is 7.11. The molecule has 3 nitrogen and oxygen atoms in total. The lowest BCUT2D eigenvalue weighted by Gasteiger charge is -2.07. The Balaban J connectivity index is 1.62. The van der Waals surface area contributed by atoms with Gasteiger partial charge in [0.05, 0.1) is 4.88 Å². The van der Waals surface area contributed by atoms with E-state index in [0.29, 0.717) is 11.5 Å². The molecule has 0 aliphatic rings. The van der Waals surface area contributed by atoms with E-state index < -0.39 is 0 Å². The molecule has 1 aromatic heterocycles. The molecule has 3 rings (SSSR count). The molecule has 0 bridgehead atoms. The van der Waals surface area contributed by atoms with E-state index in [1.807, 2.05) is 73.0 Å². The van der Waals surface area contributed by atoms with Crippen molar-refractivity contribution in [1.82, 2.24) is 0 Å². The number of rotatable bonds is 5. The zero-order valence-corrected chi connectivity index (χ0v) is 13.6. The minimum atomic E-state index is -0.0941. The molecular weight excluding hydrogens is 306 g/mol. The average Bonchev–Trinajstić information content (AvgIpc) is 3.04. The van der Waals surface area contributed by atoms with Crippen molar-refractivity contribution in [3.63, 3.8) is 0 Å². The van der Waals surface area contributed by atoms with Crippen LogP contribution in [0.3, 0.4) is 0 Å². The van der Waals surface area contributed by atoms with Crippen molar-refractivity contribution in [2.24, 2.45) is 0 Å². The first-order valence-corrected chi connectivity index (χ1v) is 8.22. The lowest BCUT2D eigenvalue weighted by Crippen LogP contribution is -2.09. The number of thiophene rings is 1. The van der Waals surface area contributed by atoms with Gasteiger partial charge in [-0.3, -0.25) is 4.79 Å². The van der Waals surface area contributed by atoms with Crippen LogP contribution >= 0.6 is 11.3 Å². The zero-order valence-electron chi connectivity index (χ0n) is 12.8. The van der Waals surface area contributed by atoms with E-state index in [1.54, 1.807) is 0 Å². The first-order valence-electron chi connectivity index (χ1n) is 7.34. The van der Waals surface area contributed by atoms with Gasteiger partial charge in [-0.25, -0.2) is 0 Å². The average molecular weight is 323 g/mol. The van der Waals surface area contributed by atoms with Gasteiger partial charge in [0.25, 0.3) is 5.91 Å². The van der Waals surface area contributed by atoms with E-state index in [4.69, 9.17) is 4.74 Å². The van der Waals surface area contributed by atoms with Crippen LogP contribution in [0.5, 0.6) is 5.75 Å². The largest absolute Gasteiger partial charge is 0.489 e. The third-order valence-electron chi connectivity index (χ3n) is 3.40. The molecule has 0 atom stereocenters. The third kappa shape index (κ3) is 3.99. The van der Waals surface area contributed by atoms with Crippen molar-refractivity contribution in [2.45, 2.75) is 13.5 Å². The van der Waals surface area contributed by atoms with Crippen molar-refractivity contribution in [2.75, 3.05) is 5.32 Å². The van der Waals surface area contributed by atoms with Crippen LogP contribution in [-0.2, 0) is 6.61 Å². The summed E-state index contributed by atoms with van der Waals surface area (Å²) in [6, 6.07) is 19.2. The highest BCUT2D eigenvalue weighted by Crippen LogP contribution is 2.21. The Morgan fingerprint density at radius 1 is 1.09 bits per heavy atom. The Labute approximate surface area is 139 Å². The summed E-state index contributed by atoms with van der Waals surface area (Å²) in [5, 5.41) is 4.84. The predicted octanol–water partition coefficient (Wildman–Crippen LogP) is 4.89. The number of benzene rings is 2. The second-order valence-electron chi connectivity index (χ2n) is 5.19. The van der Waals surface area contributed by atoms with E-state index in [9.17, 15) is 4.79 Å². The number of ether oxygens (including phenoxy) is 1. The van der Waals surface area contributed by atoms with Gasteiger partial charge in [0.15, 0.2) is 0 Å². The first kappa shape index (κ1) is 15.3. The molecule has 0 aliphatic carbocycles. The van der Waals surface area contributed by atoms with Gasteiger partial charge >= 0.3 is 0 Å². The standard InChI is InChI=1S/C19H17NO2S/c1-14-7-5-6-10-17(14)22-12-15-11-18(23-13-15)19(21)20-16-8-3-2-4-9-16/h2-11,13H,12H2,1H3,(H,20,21). The monoisotopic (exact) mass is 323 g/mol. The van der Waals surface area contributed by atoms with Crippen molar-refractivity contribution < 1.29 is 9.53 Å². The Morgan fingerprint density at radius 2 is 1.83 bits per heavy atom. The Kier molecular flexibility index (Phi) is 4.74. The van der Waals surface area contributed by atoms with Crippen LogP contribution in [0.15, 0.2) is 66.0 Å². The molecule has 2 aromatic carbocycles. The summed E-state index contributed by atoms with van der Waals surface area (Å²) in [6.07, 6.45) is 0. The SMILES string of the molecule is Cc1ccccc1OCc1csc(C(=O)Nc2ccccc2)c1. The van der Waals surface area contributed by atoms with Crippen molar-refractivity contribution >= 4 is 22.9 Å². The predicted molar refractivity (Wildman–Crippen MR) is 94.2 cm³/mol. The Bertz CT molecular complexity index is 796. The van der Waals surface area contributed by atoms with Gasteiger partial charge < -0.3 is 10.1 Å². The normalized spacial score (nSPS) is 10.3. The number of para-hydroxylation sites is 2. The van der Waals surface area contributed by atoms with Crippen molar-refractivity contribution in [3.8, 4) is 5.75 Å². The highest BCUT2D eigenvalue weighted by Gasteiger charge is 2.10. The van der Waals surface area contributed by atoms with Crippen LogP contribution in [0.4, 0.5) is 5.69 Å². The highest BCUT2D eigenvalue weighted by atomic mass is 32.1. The molecule has 116 valence electrons. The fourth-order valence-corrected chi connectivity index (χ4v) is 2.96. The molecular formula is C19H17NO2S. The molecule has 3 aromatic rings. The first-order chi connectivity index (χ1) is 11.2.